The average molecular weight is 409 g/mol. The zero-order chi connectivity index (χ0) is 21.3. The van der Waals surface area contributed by atoms with Gasteiger partial charge in [-0.1, -0.05) is 36.4 Å². The maximum atomic E-state index is 13.1. The Bertz CT molecular complexity index is 994. The van der Waals surface area contributed by atoms with Gasteiger partial charge >= 0.3 is 6.03 Å². The van der Waals surface area contributed by atoms with Crippen molar-refractivity contribution in [1.29, 1.82) is 0 Å². The number of ether oxygens (including phenoxy) is 2. The summed E-state index contributed by atoms with van der Waals surface area (Å²) in [5.41, 5.74) is 0.202. The fourth-order valence-corrected chi connectivity index (χ4v) is 3.65. The maximum Gasteiger partial charge on any atom is 0.325 e. The van der Waals surface area contributed by atoms with Gasteiger partial charge in [0.2, 0.25) is 5.91 Å². The molecular weight excluding hydrogens is 386 g/mol. The number of hydrogen-bond acceptors (Lipinski definition) is 5. The van der Waals surface area contributed by atoms with Crippen molar-refractivity contribution in [2.24, 2.45) is 0 Å². The Kier molecular flexibility index (Phi) is 5.07. The molecule has 8 nitrogen and oxygen atoms in total. The lowest BCUT2D eigenvalue weighted by atomic mass is 9.91. The average Bonchev–Trinajstić information content (AvgIpc) is 2.98. The molecule has 156 valence electrons. The molecule has 4 rings (SSSR count). The van der Waals surface area contributed by atoms with Crippen molar-refractivity contribution in [3.63, 3.8) is 0 Å². The van der Waals surface area contributed by atoms with Gasteiger partial charge in [-0.3, -0.25) is 14.5 Å². The number of rotatable bonds is 5. The summed E-state index contributed by atoms with van der Waals surface area (Å²) in [4.78, 5) is 39.0. The first-order valence-corrected chi connectivity index (χ1v) is 9.77. The molecule has 1 fully saturated rings. The van der Waals surface area contributed by atoms with E-state index in [2.05, 4.69) is 10.6 Å². The molecule has 2 aliphatic heterocycles. The molecule has 0 spiro atoms. The van der Waals surface area contributed by atoms with Crippen LogP contribution in [0, 0.1) is 0 Å². The van der Waals surface area contributed by atoms with Crippen molar-refractivity contribution >= 4 is 17.8 Å². The molecule has 2 aliphatic rings. The van der Waals surface area contributed by atoms with Gasteiger partial charge in [0.05, 0.1) is 6.04 Å². The quantitative estimate of drug-likeness (QED) is 0.738. The molecule has 2 aromatic carbocycles. The smallest absolute Gasteiger partial charge is 0.325 e. The molecule has 0 radical (unpaired) electrons. The highest BCUT2D eigenvalue weighted by molar-refractivity contribution is 6.09. The molecule has 0 aliphatic carbocycles. The van der Waals surface area contributed by atoms with Crippen LogP contribution in [0.4, 0.5) is 4.79 Å². The van der Waals surface area contributed by atoms with Crippen LogP contribution < -0.4 is 20.1 Å². The lowest BCUT2D eigenvalue weighted by Crippen LogP contribution is -2.43. The van der Waals surface area contributed by atoms with E-state index in [9.17, 15) is 14.4 Å². The Morgan fingerprint density at radius 2 is 1.83 bits per heavy atom. The van der Waals surface area contributed by atoms with Crippen LogP contribution in [-0.2, 0) is 15.1 Å². The number of benzene rings is 2. The molecule has 0 bridgehead atoms. The van der Waals surface area contributed by atoms with Crippen LogP contribution in [-0.4, -0.2) is 42.5 Å². The summed E-state index contributed by atoms with van der Waals surface area (Å²) >= 11 is 0. The lowest BCUT2D eigenvalue weighted by molar-refractivity contribution is -0.135. The molecule has 2 aromatic rings. The summed E-state index contributed by atoms with van der Waals surface area (Å²) in [6, 6.07) is 13.7. The number of carbonyl (C=O) groups is 3. The first-order chi connectivity index (χ1) is 14.4. The molecule has 1 saturated heterocycles. The van der Waals surface area contributed by atoms with Gasteiger partial charge in [-0.15, -0.1) is 0 Å². The van der Waals surface area contributed by atoms with Crippen molar-refractivity contribution in [1.82, 2.24) is 15.5 Å². The third kappa shape index (κ3) is 3.56. The van der Waals surface area contributed by atoms with Crippen molar-refractivity contribution < 1.29 is 23.9 Å². The van der Waals surface area contributed by atoms with Gasteiger partial charge in [0.1, 0.15) is 25.3 Å². The van der Waals surface area contributed by atoms with Gasteiger partial charge in [0.25, 0.3) is 5.91 Å². The highest BCUT2D eigenvalue weighted by Crippen LogP contribution is 2.36. The van der Waals surface area contributed by atoms with E-state index >= 15 is 0 Å². The minimum Gasteiger partial charge on any atom is -0.486 e. The minimum absolute atomic E-state index is 0.247. The molecule has 2 atom stereocenters. The predicted octanol–water partition coefficient (Wildman–Crippen LogP) is 2.10. The number of nitrogens with one attached hydrogen (secondary N) is 2. The van der Waals surface area contributed by atoms with Crippen LogP contribution in [0.3, 0.4) is 0 Å². The van der Waals surface area contributed by atoms with Crippen molar-refractivity contribution in [3.05, 3.63) is 59.7 Å². The van der Waals surface area contributed by atoms with Gasteiger partial charge in [-0.25, -0.2) is 4.79 Å². The first-order valence-electron chi connectivity index (χ1n) is 9.77. The number of hydrogen-bond donors (Lipinski definition) is 2. The second-order valence-electron chi connectivity index (χ2n) is 7.50. The highest BCUT2D eigenvalue weighted by atomic mass is 16.6. The Balaban J connectivity index is 1.48. The van der Waals surface area contributed by atoms with Crippen LogP contribution in [0.1, 0.15) is 31.0 Å². The topological polar surface area (TPSA) is 97.0 Å². The minimum atomic E-state index is -1.29. The van der Waals surface area contributed by atoms with E-state index in [1.807, 2.05) is 37.3 Å². The zero-order valence-corrected chi connectivity index (χ0v) is 16.8. The van der Waals surface area contributed by atoms with E-state index in [4.69, 9.17) is 9.47 Å². The van der Waals surface area contributed by atoms with E-state index in [0.717, 1.165) is 10.5 Å². The Hall–Kier alpha value is -3.55. The molecule has 0 unspecified atom stereocenters. The number of urea groups is 1. The van der Waals surface area contributed by atoms with Crippen LogP contribution >= 0.6 is 0 Å². The predicted molar refractivity (Wildman–Crippen MR) is 108 cm³/mol. The highest BCUT2D eigenvalue weighted by Gasteiger charge is 2.49. The Morgan fingerprint density at radius 3 is 2.57 bits per heavy atom. The molecule has 4 amide bonds. The molecule has 30 heavy (non-hydrogen) atoms. The van der Waals surface area contributed by atoms with E-state index < -0.39 is 23.4 Å². The van der Waals surface area contributed by atoms with Gasteiger partial charge in [-0.05, 0) is 37.1 Å². The molecular formula is C22H23N3O5. The SMILES string of the molecule is C[C@@H](NC(=O)CN1C(=O)N[C@](C)(c2ccc3c(c2)OCCO3)C1=O)c1ccccc1. The molecule has 2 N–H and O–H groups in total. The second kappa shape index (κ2) is 7.70. The largest absolute Gasteiger partial charge is 0.486 e. The van der Waals surface area contributed by atoms with E-state index in [0.29, 0.717) is 30.3 Å². The van der Waals surface area contributed by atoms with Gasteiger partial charge in [0, 0.05) is 0 Å². The standard InChI is InChI=1S/C22H23N3O5/c1-14(15-6-4-3-5-7-15)23-19(26)13-25-20(27)22(2,24-21(25)28)16-8-9-17-18(12-16)30-11-10-29-17/h3-9,12,14H,10-11,13H2,1-2H3,(H,23,26)(H,24,28)/t14-,22-/m1/s1. The molecule has 2 heterocycles. The molecule has 0 aromatic heterocycles. The van der Waals surface area contributed by atoms with Gasteiger partial charge < -0.3 is 20.1 Å². The summed E-state index contributed by atoms with van der Waals surface area (Å²) in [6.45, 7) is 3.98. The summed E-state index contributed by atoms with van der Waals surface area (Å²) in [5, 5.41) is 5.53. The van der Waals surface area contributed by atoms with Crippen LogP contribution in [0.25, 0.3) is 0 Å². The number of imide groups is 1. The lowest BCUT2D eigenvalue weighted by Gasteiger charge is -2.25. The van der Waals surface area contributed by atoms with E-state index in [1.54, 1.807) is 25.1 Å². The maximum absolute atomic E-state index is 13.1. The summed E-state index contributed by atoms with van der Waals surface area (Å²) < 4.78 is 11.1. The normalized spacial score (nSPS) is 21.2. The van der Waals surface area contributed by atoms with Crippen molar-refractivity contribution in [3.8, 4) is 11.5 Å². The number of carbonyl (C=O) groups excluding carboxylic acids is 3. The Labute approximate surface area is 174 Å². The van der Waals surface area contributed by atoms with Gasteiger partial charge in [0.15, 0.2) is 11.5 Å². The summed E-state index contributed by atoms with van der Waals surface area (Å²) in [5.74, 6) is 0.208. The summed E-state index contributed by atoms with van der Waals surface area (Å²) in [6.07, 6.45) is 0. The van der Waals surface area contributed by atoms with Crippen molar-refractivity contribution in [2.75, 3.05) is 19.8 Å². The molecule has 8 heteroatoms. The van der Waals surface area contributed by atoms with Crippen LogP contribution in [0.2, 0.25) is 0 Å². The summed E-state index contributed by atoms with van der Waals surface area (Å²) in [7, 11) is 0. The number of fused-ring (bicyclic) bond motifs is 1. The van der Waals surface area contributed by atoms with Crippen LogP contribution in [0.15, 0.2) is 48.5 Å². The zero-order valence-electron chi connectivity index (χ0n) is 16.8. The number of nitrogens with zero attached hydrogens (tertiary/aromatic N) is 1. The van der Waals surface area contributed by atoms with Gasteiger partial charge in [-0.2, -0.15) is 0 Å². The third-order valence-electron chi connectivity index (χ3n) is 5.37. The third-order valence-corrected chi connectivity index (χ3v) is 5.37. The fourth-order valence-electron chi connectivity index (χ4n) is 3.65. The Morgan fingerprint density at radius 1 is 1.13 bits per heavy atom. The van der Waals surface area contributed by atoms with Crippen LogP contribution in [0.5, 0.6) is 11.5 Å². The fraction of sp³-hybridized carbons (Fsp3) is 0.318. The van der Waals surface area contributed by atoms with E-state index in [1.165, 1.54) is 0 Å². The first kappa shape index (κ1) is 19.8. The van der Waals surface area contributed by atoms with E-state index in [-0.39, 0.29) is 12.6 Å². The monoisotopic (exact) mass is 409 g/mol. The second-order valence-corrected chi connectivity index (χ2v) is 7.50. The molecule has 0 saturated carbocycles. The number of amides is 4. The van der Waals surface area contributed by atoms with Crippen molar-refractivity contribution in [2.45, 2.75) is 25.4 Å².